The number of aromatic nitrogens is 2. The van der Waals surface area contributed by atoms with Crippen molar-refractivity contribution >= 4 is 11.8 Å². The molecule has 2 N–H and O–H groups in total. The van der Waals surface area contributed by atoms with Gasteiger partial charge in [0.15, 0.2) is 5.82 Å². The van der Waals surface area contributed by atoms with Crippen LogP contribution in [0.3, 0.4) is 0 Å². The van der Waals surface area contributed by atoms with Crippen LogP contribution in [0, 0.1) is 11.3 Å². The first kappa shape index (κ1) is 17.3. The second-order valence-electron chi connectivity index (χ2n) is 7.81. The Kier molecular flexibility index (Phi) is 4.60. The smallest absolute Gasteiger partial charge is 0.317 e. The standard InChI is InChI=1S/C18H27N5O3/c1-22-7-6-19-15(16(22)24)20-10-14-11-23(8-9-26-14)17(25)21-12-18(4-5-18)13-2-3-13/h6-7,13-14H,2-5,8-12H2,1H3,(H,19,20)(H,21,25). The highest BCUT2D eigenvalue weighted by Crippen LogP contribution is 2.60. The van der Waals surface area contributed by atoms with Gasteiger partial charge in [-0.3, -0.25) is 4.79 Å². The zero-order chi connectivity index (χ0) is 18.1. The van der Waals surface area contributed by atoms with Gasteiger partial charge >= 0.3 is 6.03 Å². The zero-order valence-electron chi connectivity index (χ0n) is 15.2. The third-order valence-corrected chi connectivity index (χ3v) is 5.87. The van der Waals surface area contributed by atoms with Gasteiger partial charge in [0.05, 0.1) is 19.3 Å². The van der Waals surface area contributed by atoms with E-state index in [9.17, 15) is 9.59 Å². The molecule has 0 radical (unpaired) electrons. The summed E-state index contributed by atoms with van der Waals surface area (Å²) in [6.45, 7) is 2.88. The van der Waals surface area contributed by atoms with Gasteiger partial charge in [0, 0.05) is 39.1 Å². The third kappa shape index (κ3) is 3.70. The predicted octanol–water partition coefficient (Wildman–Crippen LogP) is 0.793. The van der Waals surface area contributed by atoms with Crippen LogP contribution in [0.25, 0.3) is 0 Å². The van der Waals surface area contributed by atoms with E-state index in [-0.39, 0.29) is 17.7 Å². The molecule has 3 fully saturated rings. The number of nitrogens with one attached hydrogen (secondary N) is 2. The number of carbonyl (C=O) groups is 1. The molecule has 1 aliphatic heterocycles. The van der Waals surface area contributed by atoms with Crippen LogP contribution >= 0.6 is 0 Å². The number of hydrogen-bond donors (Lipinski definition) is 2. The first-order chi connectivity index (χ1) is 12.6. The molecule has 1 atom stereocenters. The Balaban J connectivity index is 1.26. The highest BCUT2D eigenvalue weighted by Gasteiger charge is 2.53. The SMILES string of the molecule is Cn1ccnc(NCC2CN(C(=O)NCC3(C4CC4)CC3)CCO2)c1=O. The van der Waals surface area contributed by atoms with E-state index < -0.39 is 0 Å². The number of ether oxygens (including phenoxy) is 1. The summed E-state index contributed by atoms with van der Waals surface area (Å²) in [5.41, 5.74) is 0.231. The molecule has 0 bridgehead atoms. The second-order valence-corrected chi connectivity index (χ2v) is 7.81. The summed E-state index contributed by atoms with van der Waals surface area (Å²) in [6, 6.07) is -0.000949. The van der Waals surface area contributed by atoms with Crippen molar-refractivity contribution in [1.82, 2.24) is 19.8 Å². The summed E-state index contributed by atoms with van der Waals surface area (Å²) in [6.07, 6.45) is 8.21. The lowest BCUT2D eigenvalue weighted by Gasteiger charge is -2.33. The minimum Gasteiger partial charge on any atom is -0.373 e. The summed E-state index contributed by atoms with van der Waals surface area (Å²) in [5, 5.41) is 6.18. The highest BCUT2D eigenvalue weighted by molar-refractivity contribution is 5.74. The van der Waals surface area contributed by atoms with Crippen LogP contribution in [0.1, 0.15) is 25.7 Å². The van der Waals surface area contributed by atoms with E-state index >= 15 is 0 Å². The minimum absolute atomic E-state index is 0.000949. The lowest BCUT2D eigenvalue weighted by Crippen LogP contribution is -2.52. The van der Waals surface area contributed by atoms with Gasteiger partial charge in [0.25, 0.3) is 5.56 Å². The van der Waals surface area contributed by atoms with E-state index in [0.29, 0.717) is 37.5 Å². The minimum atomic E-state index is -0.173. The lowest BCUT2D eigenvalue weighted by molar-refractivity contribution is -0.00670. The van der Waals surface area contributed by atoms with Crippen LogP contribution in [0.2, 0.25) is 0 Å². The molecule has 2 heterocycles. The molecule has 1 saturated heterocycles. The van der Waals surface area contributed by atoms with Crippen molar-refractivity contribution in [2.75, 3.05) is 38.1 Å². The molecule has 0 spiro atoms. The van der Waals surface area contributed by atoms with Gasteiger partial charge in [-0.25, -0.2) is 9.78 Å². The quantitative estimate of drug-likeness (QED) is 0.782. The number of anilines is 1. The average molecular weight is 361 g/mol. The summed E-state index contributed by atoms with van der Waals surface area (Å²) in [7, 11) is 1.69. The zero-order valence-corrected chi connectivity index (χ0v) is 15.2. The van der Waals surface area contributed by atoms with E-state index in [1.54, 1.807) is 19.4 Å². The molecular weight excluding hydrogens is 334 g/mol. The topological polar surface area (TPSA) is 88.5 Å². The molecule has 26 heavy (non-hydrogen) atoms. The number of aryl methyl sites for hydroxylation is 1. The van der Waals surface area contributed by atoms with Crippen molar-refractivity contribution in [2.45, 2.75) is 31.8 Å². The van der Waals surface area contributed by atoms with E-state index in [2.05, 4.69) is 15.6 Å². The summed E-state index contributed by atoms with van der Waals surface area (Å²) < 4.78 is 7.21. The molecule has 1 aromatic rings. The van der Waals surface area contributed by atoms with Gasteiger partial charge in [-0.15, -0.1) is 0 Å². The molecule has 2 amide bonds. The number of rotatable bonds is 6. The van der Waals surface area contributed by atoms with Crippen molar-refractivity contribution in [3.05, 3.63) is 22.7 Å². The first-order valence-electron chi connectivity index (χ1n) is 9.47. The molecule has 8 heteroatoms. The van der Waals surface area contributed by atoms with Gasteiger partial charge < -0.3 is 24.8 Å². The Bertz CT molecular complexity index is 726. The lowest BCUT2D eigenvalue weighted by atomic mass is 10.0. The normalized spacial score (nSPS) is 24.2. The summed E-state index contributed by atoms with van der Waals surface area (Å²) >= 11 is 0. The van der Waals surface area contributed by atoms with Crippen molar-refractivity contribution in [1.29, 1.82) is 0 Å². The van der Waals surface area contributed by atoms with Crippen LogP contribution < -0.4 is 16.2 Å². The molecule has 142 valence electrons. The van der Waals surface area contributed by atoms with E-state index in [1.807, 2.05) is 4.90 Å². The van der Waals surface area contributed by atoms with Crippen LogP contribution in [0.15, 0.2) is 17.2 Å². The molecule has 1 aromatic heterocycles. The van der Waals surface area contributed by atoms with Crippen LogP contribution in [-0.2, 0) is 11.8 Å². The molecule has 1 unspecified atom stereocenters. The van der Waals surface area contributed by atoms with Gasteiger partial charge in [-0.05, 0) is 37.0 Å². The highest BCUT2D eigenvalue weighted by atomic mass is 16.5. The number of amides is 2. The Morgan fingerprint density at radius 2 is 2.23 bits per heavy atom. The Hall–Kier alpha value is -2.09. The molecule has 0 aromatic carbocycles. The predicted molar refractivity (Wildman–Crippen MR) is 97.1 cm³/mol. The van der Waals surface area contributed by atoms with E-state index in [4.69, 9.17) is 4.74 Å². The molecule has 8 nitrogen and oxygen atoms in total. The van der Waals surface area contributed by atoms with Gasteiger partial charge in [-0.2, -0.15) is 0 Å². The Labute approximate surface area is 152 Å². The number of hydrogen-bond acceptors (Lipinski definition) is 5. The maximum Gasteiger partial charge on any atom is 0.317 e. The largest absolute Gasteiger partial charge is 0.373 e. The van der Waals surface area contributed by atoms with Crippen molar-refractivity contribution in [2.24, 2.45) is 18.4 Å². The monoisotopic (exact) mass is 361 g/mol. The average Bonchev–Trinajstić information content (AvgIpc) is 3.54. The Morgan fingerprint density at radius 1 is 1.42 bits per heavy atom. The summed E-state index contributed by atoms with van der Waals surface area (Å²) in [5.74, 6) is 1.14. The van der Waals surface area contributed by atoms with E-state index in [1.165, 1.54) is 30.3 Å². The molecule has 2 aliphatic carbocycles. The fraction of sp³-hybridized carbons (Fsp3) is 0.722. The van der Waals surface area contributed by atoms with Crippen LogP contribution in [-0.4, -0.2) is 59.4 Å². The van der Waals surface area contributed by atoms with Crippen LogP contribution in [0.5, 0.6) is 0 Å². The van der Waals surface area contributed by atoms with Gasteiger partial charge in [0.1, 0.15) is 0 Å². The third-order valence-electron chi connectivity index (χ3n) is 5.87. The summed E-state index contributed by atoms with van der Waals surface area (Å²) in [4.78, 5) is 30.4. The van der Waals surface area contributed by atoms with Crippen molar-refractivity contribution < 1.29 is 9.53 Å². The molecule has 2 saturated carbocycles. The van der Waals surface area contributed by atoms with Crippen molar-refractivity contribution in [3.8, 4) is 0 Å². The molecular formula is C18H27N5O3. The fourth-order valence-corrected chi connectivity index (χ4v) is 3.81. The number of carbonyl (C=O) groups excluding carboxylic acids is 1. The Morgan fingerprint density at radius 3 is 2.96 bits per heavy atom. The maximum atomic E-state index is 12.5. The number of urea groups is 1. The van der Waals surface area contributed by atoms with E-state index in [0.717, 1.165) is 12.5 Å². The first-order valence-corrected chi connectivity index (χ1v) is 9.47. The number of morpholine rings is 1. The molecule has 3 aliphatic rings. The number of nitrogens with zero attached hydrogens (tertiary/aromatic N) is 3. The molecule has 4 rings (SSSR count). The van der Waals surface area contributed by atoms with Crippen LogP contribution in [0.4, 0.5) is 10.6 Å². The fourth-order valence-electron chi connectivity index (χ4n) is 3.81. The van der Waals surface area contributed by atoms with Gasteiger partial charge in [0.2, 0.25) is 0 Å². The van der Waals surface area contributed by atoms with Gasteiger partial charge in [-0.1, -0.05) is 0 Å². The maximum absolute atomic E-state index is 12.5. The second kappa shape index (κ2) is 6.90. The van der Waals surface area contributed by atoms with Crippen molar-refractivity contribution in [3.63, 3.8) is 0 Å².